The van der Waals surface area contributed by atoms with Crippen molar-refractivity contribution >= 4 is 17.5 Å². The molecule has 124 valence electrons. The Balaban J connectivity index is 1.89. The van der Waals surface area contributed by atoms with Crippen molar-refractivity contribution in [2.75, 3.05) is 18.4 Å². The van der Waals surface area contributed by atoms with Crippen molar-refractivity contribution in [2.45, 2.75) is 39.3 Å². The summed E-state index contributed by atoms with van der Waals surface area (Å²) in [7, 11) is 0. The molecule has 6 nitrogen and oxygen atoms in total. The van der Waals surface area contributed by atoms with Crippen LogP contribution >= 0.6 is 0 Å². The summed E-state index contributed by atoms with van der Waals surface area (Å²) in [6.07, 6.45) is 0.171. The molecule has 2 aliphatic heterocycles. The third-order valence-electron chi connectivity index (χ3n) is 4.77. The van der Waals surface area contributed by atoms with Gasteiger partial charge in [0, 0.05) is 19.1 Å². The minimum atomic E-state index is -0.609. The molecule has 0 spiro atoms. The lowest BCUT2D eigenvalue weighted by Crippen LogP contribution is -2.54. The zero-order valence-corrected chi connectivity index (χ0v) is 13.8. The predicted octanol–water partition coefficient (Wildman–Crippen LogP) is 1.61. The number of ether oxygens (including phenoxy) is 1. The minimum absolute atomic E-state index is 0.0785. The van der Waals surface area contributed by atoms with Gasteiger partial charge in [-0.1, -0.05) is 19.9 Å². The number of nitrogens with one attached hydrogen (secondary N) is 1. The highest BCUT2D eigenvalue weighted by molar-refractivity contribution is 6.04. The van der Waals surface area contributed by atoms with E-state index in [0.717, 1.165) is 6.42 Å². The van der Waals surface area contributed by atoms with Crippen LogP contribution in [0.15, 0.2) is 18.2 Å². The number of hydrogen-bond donors (Lipinski definition) is 2. The van der Waals surface area contributed by atoms with Gasteiger partial charge in [0.05, 0.1) is 11.3 Å². The number of piperidine rings is 1. The zero-order chi connectivity index (χ0) is 16.8. The maximum Gasteiger partial charge on any atom is 0.265 e. The second-order valence-corrected chi connectivity index (χ2v) is 7.04. The summed E-state index contributed by atoms with van der Waals surface area (Å²) in [5, 5.41) is 2.78. The molecule has 2 heterocycles. The largest absolute Gasteiger partial charge is 0.478 e. The van der Waals surface area contributed by atoms with Crippen molar-refractivity contribution in [1.82, 2.24) is 4.90 Å². The Bertz CT molecular complexity index is 656. The molecule has 0 radical (unpaired) electrons. The third kappa shape index (κ3) is 2.79. The van der Waals surface area contributed by atoms with E-state index in [2.05, 4.69) is 19.2 Å². The molecule has 0 saturated carbocycles. The number of rotatable bonds is 1. The number of benzene rings is 1. The summed E-state index contributed by atoms with van der Waals surface area (Å²) < 4.78 is 5.68. The molecule has 0 aliphatic carbocycles. The molecule has 1 fully saturated rings. The number of nitrogens with two attached hydrogens (primary N) is 1. The van der Waals surface area contributed by atoms with Crippen LogP contribution in [0.3, 0.4) is 0 Å². The van der Waals surface area contributed by atoms with E-state index in [-0.39, 0.29) is 23.3 Å². The second kappa shape index (κ2) is 5.53. The summed E-state index contributed by atoms with van der Waals surface area (Å²) in [5.41, 5.74) is 7.06. The topological polar surface area (TPSA) is 84.7 Å². The van der Waals surface area contributed by atoms with E-state index < -0.39 is 6.10 Å². The highest BCUT2D eigenvalue weighted by Crippen LogP contribution is 2.35. The minimum Gasteiger partial charge on any atom is -0.478 e. The molecule has 2 unspecified atom stereocenters. The van der Waals surface area contributed by atoms with E-state index in [1.165, 1.54) is 0 Å². The van der Waals surface area contributed by atoms with Crippen LogP contribution in [-0.2, 0) is 4.79 Å². The molecule has 2 atom stereocenters. The van der Waals surface area contributed by atoms with Gasteiger partial charge in [0.1, 0.15) is 0 Å². The van der Waals surface area contributed by atoms with Crippen LogP contribution in [0, 0.1) is 5.41 Å². The number of carbonyl (C=O) groups is 2. The predicted molar refractivity (Wildman–Crippen MR) is 87.4 cm³/mol. The Kier molecular flexibility index (Phi) is 3.80. The number of amides is 2. The lowest BCUT2D eigenvalue weighted by atomic mass is 9.79. The number of para-hydroxylation sites is 1. The number of hydrogen-bond acceptors (Lipinski definition) is 4. The molecule has 3 rings (SSSR count). The summed E-state index contributed by atoms with van der Waals surface area (Å²) in [6, 6.07) is 5.33. The van der Waals surface area contributed by atoms with Crippen LogP contribution in [0.5, 0.6) is 5.75 Å². The molecular formula is C17H23N3O3. The van der Waals surface area contributed by atoms with Gasteiger partial charge in [0.25, 0.3) is 11.8 Å². The van der Waals surface area contributed by atoms with Crippen molar-refractivity contribution in [3.8, 4) is 5.75 Å². The third-order valence-corrected chi connectivity index (χ3v) is 4.77. The first-order valence-electron chi connectivity index (χ1n) is 7.95. The fourth-order valence-electron chi connectivity index (χ4n) is 3.11. The first-order valence-corrected chi connectivity index (χ1v) is 7.95. The van der Waals surface area contributed by atoms with Gasteiger partial charge in [0.15, 0.2) is 11.9 Å². The van der Waals surface area contributed by atoms with Crippen molar-refractivity contribution in [3.05, 3.63) is 23.8 Å². The Morgan fingerprint density at radius 1 is 1.43 bits per heavy atom. The molecule has 23 heavy (non-hydrogen) atoms. The first-order chi connectivity index (χ1) is 10.8. The first kappa shape index (κ1) is 15.8. The fourth-order valence-corrected chi connectivity index (χ4v) is 3.11. The smallest absolute Gasteiger partial charge is 0.265 e. The monoisotopic (exact) mass is 317 g/mol. The summed E-state index contributed by atoms with van der Waals surface area (Å²) >= 11 is 0. The fraction of sp³-hybridized carbons (Fsp3) is 0.529. The van der Waals surface area contributed by atoms with Gasteiger partial charge >= 0.3 is 0 Å². The van der Waals surface area contributed by atoms with Crippen LogP contribution in [0.4, 0.5) is 5.69 Å². The zero-order valence-electron chi connectivity index (χ0n) is 13.8. The number of carbonyl (C=O) groups excluding carboxylic acids is 2. The van der Waals surface area contributed by atoms with Crippen LogP contribution in [0.2, 0.25) is 0 Å². The second-order valence-electron chi connectivity index (χ2n) is 7.04. The van der Waals surface area contributed by atoms with Gasteiger partial charge in [-0.15, -0.1) is 0 Å². The standard InChI is InChI=1S/C17H23N3O3/c1-10-15(21)19-12-6-4-5-11(14(12)23-10)16(22)20-8-7-13(18)17(2,3)9-20/h4-6,10,13H,7-9,18H2,1-3H3,(H,19,21). The van der Waals surface area contributed by atoms with Crippen LogP contribution in [0.1, 0.15) is 37.6 Å². The van der Waals surface area contributed by atoms with Gasteiger partial charge < -0.3 is 20.7 Å². The Hall–Kier alpha value is -2.08. The van der Waals surface area contributed by atoms with Gasteiger partial charge in [-0.25, -0.2) is 0 Å². The molecule has 3 N–H and O–H groups in total. The van der Waals surface area contributed by atoms with Gasteiger partial charge in [-0.3, -0.25) is 9.59 Å². The number of likely N-dealkylation sites (tertiary alicyclic amines) is 1. The molecule has 0 aromatic heterocycles. The van der Waals surface area contributed by atoms with Crippen molar-refractivity contribution in [2.24, 2.45) is 11.1 Å². The Morgan fingerprint density at radius 2 is 2.17 bits per heavy atom. The Labute approximate surface area is 136 Å². The van der Waals surface area contributed by atoms with E-state index in [4.69, 9.17) is 10.5 Å². The van der Waals surface area contributed by atoms with E-state index in [1.54, 1.807) is 25.1 Å². The number of anilines is 1. The van der Waals surface area contributed by atoms with Crippen molar-refractivity contribution in [3.63, 3.8) is 0 Å². The molecule has 1 aromatic carbocycles. The molecule has 6 heteroatoms. The molecule has 2 aliphatic rings. The van der Waals surface area contributed by atoms with E-state index in [0.29, 0.717) is 30.1 Å². The quantitative estimate of drug-likeness (QED) is 0.824. The van der Waals surface area contributed by atoms with Gasteiger partial charge in [-0.05, 0) is 30.9 Å². The van der Waals surface area contributed by atoms with Crippen LogP contribution < -0.4 is 15.8 Å². The summed E-state index contributed by atoms with van der Waals surface area (Å²) in [6.45, 7) is 7.07. The van der Waals surface area contributed by atoms with Crippen LogP contribution in [0.25, 0.3) is 0 Å². The highest BCUT2D eigenvalue weighted by Gasteiger charge is 2.37. The number of nitrogens with zero attached hydrogens (tertiary/aromatic N) is 1. The van der Waals surface area contributed by atoms with Gasteiger partial charge in [0.2, 0.25) is 0 Å². The van der Waals surface area contributed by atoms with E-state index >= 15 is 0 Å². The van der Waals surface area contributed by atoms with Crippen molar-refractivity contribution < 1.29 is 14.3 Å². The Morgan fingerprint density at radius 3 is 2.87 bits per heavy atom. The lowest BCUT2D eigenvalue weighted by molar-refractivity contribution is -0.122. The van der Waals surface area contributed by atoms with Gasteiger partial charge in [-0.2, -0.15) is 0 Å². The molecule has 1 aromatic rings. The molecule has 1 saturated heterocycles. The highest BCUT2D eigenvalue weighted by atomic mass is 16.5. The van der Waals surface area contributed by atoms with Crippen LogP contribution in [-0.4, -0.2) is 41.9 Å². The summed E-state index contributed by atoms with van der Waals surface area (Å²) in [5.74, 6) is 0.176. The molecule has 0 bridgehead atoms. The van der Waals surface area contributed by atoms with E-state index in [1.807, 2.05) is 4.90 Å². The maximum absolute atomic E-state index is 12.9. The maximum atomic E-state index is 12.9. The number of fused-ring (bicyclic) bond motifs is 1. The van der Waals surface area contributed by atoms with Crippen molar-refractivity contribution in [1.29, 1.82) is 0 Å². The average molecular weight is 317 g/mol. The normalized spacial score (nSPS) is 26.1. The SMILES string of the molecule is CC1Oc2c(cccc2C(=O)N2CCC(N)C(C)(C)C2)NC1=O. The lowest BCUT2D eigenvalue weighted by Gasteiger charge is -2.42. The molecular weight excluding hydrogens is 294 g/mol. The van der Waals surface area contributed by atoms with E-state index in [9.17, 15) is 9.59 Å². The summed E-state index contributed by atoms with van der Waals surface area (Å²) in [4.78, 5) is 26.5. The molecule has 2 amide bonds. The average Bonchev–Trinajstić information content (AvgIpc) is 2.50.